The quantitative estimate of drug-likeness (QED) is 0.427. The molecule has 1 rings (SSSR count). The fourth-order valence-corrected chi connectivity index (χ4v) is 1.14. The van der Waals surface area contributed by atoms with Gasteiger partial charge in [0.25, 0.3) is 0 Å². The van der Waals surface area contributed by atoms with E-state index in [2.05, 4.69) is 0 Å². The third kappa shape index (κ3) is 2.21. The van der Waals surface area contributed by atoms with Gasteiger partial charge in [-0.15, -0.1) is 0 Å². The number of para-hydroxylation sites is 1. The van der Waals surface area contributed by atoms with E-state index in [-0.39, 0.29) is 5.97 Å². The summed E-state index contributed by atoms with van der Waals surface area (Å²) in [5, 5.41) is 0. The van der Waals surface area contributed by atoms with E-state index in [0.717, 1.165) is 12.0 Å². The van der Waals surface area contributed by atoms with E-state index in [0.29, 0.717) is 11.4 Å². The molecule has 70 valence electrons. The van der Waals surface area contributed by atoms with Gasteiger partial charge in [-0.05, 0) is 18.1 Å². The molecule has 0 saturated heterocycles. The number of aryl methyl sites for hydroxylation is 1. The summed E-state index contributed by atoms with van der Waals surface area (Å²) in [4.78, 5) is 10.7. The summed E-state index contributed by atoms with van der Waals surface area (Å²) in [6, 6.07) is 5.44. The molecule has 1 aromatic carbocycles. The van der Waals surface area contributed by atoms with E-state index in [1.54, 1.807) is 6.07 Å². The molecule has 0 aliphatic rings. The first-order valence-electron chi connectivity index (χ1n) is 4.21. The summed E-state index contributed by atoms with van der Waals surface area (Å²) in [7, 11) is 0. The number of carbonyl (C=O) groups is 1. The van der Waals surface area contributed by atoms with Gasteiger partial charge in [-0.3, -0.25) is 4.79 Å². The first-order valence-corrected chi connectivity index (χ1v) is 4.21. The smallest absolute Gasteiger partial charge is 0.308 e. The van der Waals surface area contributed by atoms with Crippen LogP contribution in [0, 0.1) is 0 Å². The number of nitrogens with two attached hydrogens (primary N) is 1. The zero-order chi connectivity index (χ0) is 9.84. The maximum absolute atomic E-state index is 10.7. The number of carbonyl (C=O) groups excluding carboxylic acids is 1. The highest BCUT2D eigenvalue weighted by molar-refractivity contribution is 5.72. The second kappa shape index (κ2) is 3.94. The predicted octanol–water partition coefficient (Wildman–Crippen LogP) is 1.76. The minimum atomic E-state index is -0.347. The van der Waals surface area contributed by atoms with E-state index < -0.39 is 0 Å². The molecule has 0 spiro atoms. The standard InChI is InChI=1S/C10H13NO2/c1-3-8-5-4-6-9(10(8)11)13-7(2)12/h4-6H,3,11H2,1-2H3. The Labute approximate surface area is 77.5 Å². The average Bonchev–Trinajstić information content (AvgIpc) is 2.08. The molecule has 0 saturated carbocycles. The molecule has 2 N–H and O–H groups in total. The normalized spacial score (nSPS) is 9.69. The van der Waals surface area contributed by atoms with Crippen LogP contribution < -0.4 is 10.5 Å². The van der Waals surface area contributed by atoms with Crippen molar-refractivity contribution in [2.75, 3.05) is 5.73 Å². The Balaban J connectivity index is 3.01. The maximum Gasteiger partial charge on any atom is 0.308 e. The molecular formula is C10H13NO2. The number of ether oxygens (including phenoxy) is 1. The number of rotatable bonds is 2. The van der Waals surface area contributed by atoms with Crippen molar-refractivity contribution in [3.05, 3.63) is 23.8 Å². The molecule has 0 unspecified atom stereocenters. The highest BCUT2D eigenvalue weighted by atomic mass is 16.5. The van der Waals surface area contributed by atoms with Crippen molar-refractivity contribution in [3.63, 3.8) is 0 Å². The number of hydrogen-bond donors (Lipinski definition) is 1. The number of anilines is 1. The Morgan fingerprint density at radius 1 is 1.54 bits per heavy atom. The van der Waals surface area contributed by atoms with Gasteiger partial charge >= 0.3 is 5.97 Å². The van der Waals surface area contributed by atoms with Gasteiger partial charge in [0.05, 0.1) is 5.69 Å². The van der Waals surface area contributed by atoms with E-state index in [9.17, 15) is 4.79 Å². The lowest BCUT2D eigenvalue weighted by Gasteiger charge is -2.08. The van der Waals surface area contributed by atoms with E-state index in [1.165, 1.54) is 6.92 Å². The highest BCUT2D eigenvalue weighted by Crippen LogP contribution is 2.25. The molecule has 0 amide bonds. The molecule has 0 aliphatic carbocycles. The van der Waals surface area contributed by atoms with Gasteiger partial charge in [-0.2, -0.15) is 0 Å². The lowest BCUT2D eigenvalue weighted by molar-refractivity contribution is -0.131. The number of benzene rings is 1. The summed E-state index contributed by atoms with van der Waals surface area (Å²) >= 11 is 0. The SMILES string of the molecule is CCc1cccc(OC(C)=O)c1N. The molecule has 3 nitrogen and oxygen atoms in total. The van der Waals surface area contributed by atoms with Crippen LogP contribution in [0.25, 0.3) is 0 Å². The van der Waals surface area contributed by atoms with Gasteiger partial charge in [-0.25, -0.2) is 0 Å². The molecule has 0 bridgehead atoms. The molecular weight excluding hydrogens is 166 g/mol. The Bertz CT molecular complexity index is 321. The number of esters is 1. The van der Waals surface area contributed by atoms with Crippen molar-refractivity contribution >= 4 is 11.7 Å². The number of nitrogen functional groups attached to an aromatic ring is 1. The monoisotopic (exact) mass is 179 g/mol. The second-order valence-corrected chi connectivity index (χ2v) is 2.78. The summed E-state index contributed by atoms with van der Waals surface area (Å²) in [5.74, 6) is 0.104. The third-order valence-corrected chi connectivity index (χ3v) is 1.79. The molecule has 0 radical (unpaired) electrons. The Hall–Kier alpha value is -1.51. The summed E-state index contributed by atoms with van der Waals surface area (Å²) in [6.45, 7) is 3.36. The van der Waals surface area contributed by atoms with Crippen molar-refractivity contribution in [3.8, 4) is 5.75 Å². The number of hydrogen-bond acceptors (Lipinski definition) is 3. The largest absolute Gasteiger partial charge is 0.425 e. The van der Waals surface area contributed by atoms with Crippen LogP contribution >= 0.6 is 0 Å². The topological polar surface area (TPSA) is 52.3 Å². The fourth-order valence-electron chi connectivity index (χ4n) is 1.14. The van der Waals surface area contributed by atoms with E-state index in [4.69, 9.17) is 10.5 Å². The van der Waals surface area contributed by atoms with Crippen LogP contribution in [0.4, 0.5) is 5.69 Å². The highest BCUT2D eigenvalue weighted by Gasteiger charge is 2.05. The van der Waals surface area contributed by atoms with Crippen molar-refractivity contribution in [2.45, 2.75) is 20.3 Å². The van der Waals surface area contributed by atoms with Crippen molar-refractivity contribution in [2.24, 2.45) is 0 Å². The summed E-state index contributed by atoms with van der Waals surface area (Å²) < 4.78 is 4.92. The summed E-state index contributed by atoms with van der Waals surface area (Å²) in [5.41, 5.74) is 7.32. The first kappa shape index (κ1) is 9.58. The molecule has 0 aromatic heterocycles. The third-order valence-electron chi connectivity index (χ3n) is 1.79. The predicted molar refractivity (Wildman–Crippen MR) is 51.5 cm³/mol. The zero-order valence-electron chi connectivity index (χ0n) is 7.83. The van der Waals surface area contributed by atoms with Crippen LogP contribution in [0.15, 0.2) is 18.2 Å². The van der Waals surface area contributed by atoms with Crippen LogP contribution in [0.1, 0.15) is 19.4 Å². The van der Waals surface area contributed by atoms with E-state index >= 15 is 0 Å². The molecule has 1 aromatic rings. The molecule has 0 fully saturated rings. The van der Waals surface area contributed by atoms with Crippen LogP contribution in [-0.2, 0) is 11.2 Å². The van der Waals surface area contributed by atoms with Gasteiger partial charge in [0.1, 0.15) is 0 Å². The molecule has 13 heavy (non-hydrogen) atoms. The van der Waals surface area contributed by atoms with Crippen LogP contribution in [0.5, 0.6) is 5.75 Å². The minimum absolute atomic E-state index is 0.347. The van der Waals surface area contributed by atoms with Crippen molar-refractivity contribution in [1.29, 1.82) is 0 Å². The lowest BCUT2D eigenvalue weighted by Crippen LogP contribution is -2.05. The maximum atomic E-state index is 10.7. The average molecular weight is 179 g/mol. The summed E-state index contributed by atoms with van der Waals surface area (Å²) in [6.07, 6.45) is 0.834. The fraction of sp³-hybridized carbons (Fsp3) is 0.300. The van der Waals surface area contributed by atoms with Gasteiger partial charge < -0.3 is 10.5 Å². The van der Waals surface area contributed by atoms with E-state index in [1.807, 2.05) is 19.1 Å². The molecule has 0 atom stereocenters. The second-order valence-electron chi connectivity index (χ2n) is 2.78. The van der Waals surface area contributed by atoms with Crippen LogP contribution in [0.3, 0.4) is 0 Å². The van der Waals surface area contributed by atoms with Crippen molar-refractivity contribution in [1.82, 2.24) is 0 Å². The lowest BCUT2D eigenvalue weighted by atomic mass is 10.1. The van der Waals surface area contributed by atoms with Gasteiger partial charge in [-0.1, -0.05) is 19.1 Å². The zero-order valence-corrected chi connectivity index (χ0v) is 7.83. The van der Waals surface area contributed by atoms with Crippen LogP contribution in [0.2, 0.25) is 0 Å². The Kier molecular flexibility index (Phi) is 2.90. The van der Waals surface area contributed by atoms with Gasteiger partial charge in [0.2, 0.25) is 0 Å². The van der Waals surface area contributed by atoms with Crippen LogP contribution in [-0.4, -0.2) is 5.97 Å². The molecule has 0 aliphatic heterocycles. The molecule has 0 heterocycles. The van der Waals surface area contributed by atoms with Gasteiger partial charge in [0, 0.05) is 6.92 Å². The Morgan fingerprint density at radius 2 is 2.23 bits per heavy atom. The Morgan fingerprint density at radius 3 is 2.77 bits per heavy atom. The molecule has 3 heteroatoms. The van der Waals surface area contributed by atoms with Gasteiger partial charge in [0.15, 0.2) is 5.75 Å². The minimum Gasteiger partial charge on any atom is -0.425 e. The van der Waals surface area contributed by atoms with Crippen molar-refractivity contribution < 1.29 is 9.53 Å². The first-order chi connectivity index (χ1) is 6.15.